The van der Waals surface area contributed by atoms with Gasteiger partial charge in [-0.05, 0) is 35.2 Å². The van der Waals surface area contributed by atoms with Crippen molar-refractivity contribution in [2.75, 3.05) is 11.9 Å². The maximum atomic E-state index is 13.5. The summed E-state index contributed by atoms with van der Waals surface area (Å²) in [6.45, 7) is 5.40. The predicted octanol–water partition coefficient (Wildman–Crippen LogP) is 6.65. The van der Waals surface area contributed by atoms with Crippen LogP contribution in [0.2, 0.25) is 0 Å². The van der Waals surface area contributed by atoms with Crippen molar-refractivity contribution < 1.29 is 14.0 Å². The molecule has 5 rings (SSSR count). The molecule has 1 N–H and O–H groups in total. The number of anilines is 1. The monoisotopic (exact) mass is 492 g/mol. The first-order valence-corrected chi connectivity index (χ1v) is 12.9. The van der Waals surface area contributed by atoms with E-state index in [-0.39, 0.29) is 11.8 Å². The van der Waals surface area contributed by atoms with Crippen LogP contribution < -0.4 is 5.32 Å². The first-order valence-electron chi connectivity index (χ1n) is 12.9. The maximum Gasteiger partial charge on any atom is 0.236 e. The number of hydrogen-bond acceptors (Lipinski definition) is 3. The van der Waals surface area contributed by atoms with E-state index in [1.54, 1.807) is 0 Å². The van der Waals surface area contributed by atoms with Crippen LogP contribution in [-0.4, -0.2) is 23.3 Å². The number of amides is 2. The van der Waals surface area contributed by atoms with Gasteiger partial charge in [0.1, 0.15) is 11.5 Å². The number of nitrogens with one attached hydrogen (secondary N) is 1. The molecule has 5 nitrogen and oxygen atoms in total. The molecule has 1 aliphatic rings. The van der Waals surface area contributed by atoms with Crippen LogP contribution in [0, 0.1) is 5.92 Å². The second kappa shape index (κ2) is 10.9. The Morgan fingerprint density at radius 3 is 2.22 bits per heavy atom. The van der Waals surface area contributed by atoms with Gasteiger partial charge in [-0.3, -0.25) is 9.59 Å². The molecule has 3 aromatic carbocycles. The standard InChI is InChI=1S/C32H32N2O3/c1-22(2)18-30(35)34-17-16-28-26(21-34)20-29(37-28)25-14-9-15-27(19-25)33-32(36)31(23-10-5-3-6-11-23)24-12-7-4-8-13-24/h3-15,19-20,22,31H,16-18,21H2,1-2H3,(H,33,36). The third kappa shape index (κ3) is 5.67. The second-order valence-corrected chi connectivity index (χ2v) is 10.0. The van der Waals surface area contributed by atoms with Gasteiger partial charge >= 0.3 is 0 Å². The van der Waals surface area contributed by atoms with Crippen molar-refractivity contribution in [2.24, 2.45) is 5.92 Å². The van der Waals surface area contributed by atoms with E-state index in [0.717, 1.165) is 33.8 Å². The zero-order chi connectivity index (χ0) is 25.8. The van der Waals surface area contributed by atoms with Crippen molar-refractivity contribution in [3.05, 3.63) is 113 Å². The van der Waals surface area contributed by atoms with Gasteiger partial charge in [-0.1, -0.05) is 86.6 Å². The molecular weight excluding hydrogens is 460 g/mol. The first-order chi connectivity index (χ1) is 18.0. The molecule has 188 valence electrons. The van der Waals surface area contributed by atoms with Gasteiger partial charge in [0.15, 0.2) is 0 Å². The minimum atomic E-state index is -0.420. The van der Waals surface area contributed by atoms with Gasteiger partial charge in [-0.2, -0.15) is 0 Å². The molecule has 0 saturated carbocycles. The molecule has 4 aromatic rings. The lowest BCUT2D eigenvalue weighted by Gasteiger charge is -2.26. The molecule has 0 saturated heterocycles. The Morgan fingerprint density at radius 1 is 0.892 bits per heavy atom. The lowest BCUT2D eigenvalue weighted by Crippen LogP contribution is -2.35. The van der Waals surface area contributed by atoms with Crippen molar-refractivity contribution in [3.8, 4) is 11.3 Å². The molecule has 5 heteroatoms. The molecule has 1 aliphatic heterocycles. The maximum absolute atomic E-state index is 13.5. The number of nitrogens with zero attached hydrogens (tertiary/aromatic N) is 1. The van der Waals surface area contributed by atoms with Crippen LogP contribution in [0.5, 0.6) is 0 Å². The van der Waals surface area contributed by atoms with Crippen LogP contribution >= 0.6 is 0 Å². The van der Waals surface area contributed by atoms with E-state index in [1.165, 1.54) is 0 Å². The van der Waals surface area contributed by atoms with Crippen molar-refractivity contribution in [3.63, 3.8) is 0 Å². The summed E-state index contributed by atoms with van der Waals surface area (Å²) in [4.78, 5) is 28.0. The highest BCUT2D eigenvalue weighted by atomic mass is 16.3. The molecule has 0 bridgehead atoms. The number of furan rings is 1. The highest BCUT2D eigenvalue weighted by molar-refractivity contribution is 5.98. The fraction of sp³-hybridized carbons (Fsp3) is 0.250. The number of fused-ring (bicyclic) bond motifs is 1. The normalized spacial score (nSPS) is 13.0. The first kappa shape index (κ1) is 24.6. The molecule has 0 atom stereocenters. The summed E-state index contributed by atoms with van der Waals surface area (Å²) in [6, 6.07) is 29.4. The van der Waals surface area contributed by atoms with Gasteiger partial charge in [0.25, 0.3) is 0 Å². The Balaban J connectivity index is 1.35. The minimum absolute atomic E-state index is 0.0902. The number of carbonyl (C=O) groups is 2. The Morgan fingerprint density at radius 2 is 1.57 bits per heavy atom. The van der Waals surface area contributed by atoms with Crippen LogP contribution in [0.3, 0.4) is 0 Å². The summed E-state index contributed by atoms with van der Waals surface area (Å²) in [7, 11) is 0. The summed E-state index contributed by atoms with van der Waals surface area (Å²) >= 11 is 0. The summed E-state index contributed by atoms with van der Waals surface area (Å²) < 4.78 is 6.20. The molecule has 2 amide bonds. The molecule has 0 radical (unpaired) electrons. The Hall–Kier alpha value is -4.12. The SMILES string of the molecule is CC(C)CC(=O)N1CCc2oc(-c3cccc(NC(=O)C(c4ccccc4)c4ccccc4)c3)cc2C1. The van der Waals surface area contributed by atoms with Gasteiger partial charge in [-0.15, -0.1) is 0 Å². The topological polar surface area (TPSA) is 62.6 Å². The summed E-state index contributed by atoms with van der Waals surface area (Å²) in [6.07, 6.45) is 1.28. The molecular formula is C32H32N2O3. The van der Waals surface area contributed by atoms with Gasteiger partial charge in [-0.25, -0.2) is 0 Å². The second-order valence-electron chi connectivity index (χ2n) is 10.0. The lowest BCUT2D eigenvalue weighted by molar-refractivity contribution is -0.133. The number of benzene rings is 3. The molecule has 2 heterocycles. The van der Waals surface area contributed by atoms with Crippen LogP contribution in [0.1, 0.15) is 48.6 Å². The van der Waals surface area contributed by atoms with Crippen LogP contribution in [0.15, 0.2) is 95.4 Å². The Labute approximate surface area is 218 Å². The van der Waals surface area contributed by atoms with Gasteiger partial charge < -0.3 is 14.6 Å². The van der Waals surface area contributed by atoms with E-state index >= 15 is 0 Å². The molecule has 37 heavy (non-hydrogen) atoms. The van der Waals surface area contributed by atoms with Crippen molar-refractivity contribution >= 4 is 17.5 Å². The Bertz CT molecular complexity index is 1340. The van der Waals surface area contributed by atoms with E-state index < -0.39 is 5.92 Å². The highest BCUT2D eigenvalue weighted by Crippen LogP contribution is 2.32. The Kier molecular flexibility index (Phi) is 7.22. The smallest absolute Gasteiger partial charge is 0.236 e. The van der Waals surface area contributed by atoms with Gasteiger partial charge in [0.2, 0.25) is 11.8 Å². The highest BCUT2D eigenvalue weighted by Gasteiger charge is 2.25. The minimum Gasteiger partial charge on any atom is -0.461 e. The van der Waals surface area contributed by atoms with Crippen LogP contribution in [0.25, 0.3) is 11.3 Å². The van der Waals surface area contributed by atoms with E-state index in [0.29, 0.717) is 37.5 Å². The summed E-state index contributed by atoms with van der Waals surface area (Å²) in [5.41, 5.74) is 4.54. The zero-order valence-corrected chi connectivity index (χ0v) is 21.3. The largest absolute Gasteiger partial charge is 0.461 e. The van der Waals surface area contributed by atoms with Crippen LogP contribution in [0.4, 0.5) is 5.69 Å². The van der Waals surface area contributed by atoms with E-state index in [4.69, 9.17) is 4.42 Å². The third-order valence-electron chi connectivity index (χ3n) is 6.74. The van der Waals surface area contributed by atoms with E-state index in [9.17, 15) is 9.59 Å². The van der Waals surface area contributed by atoms with E-state index in [1.807, 2.05) is 95.9 Å². The predicted molar refractivity (Wildman–Crippen MR) is 146 cm³/mol. The molecule has 0 spiro atoms. The summed E-state index contributed by atoms with van der Waals surface area (Å²) in [5.74, 6) is 1.71. The molecule has 0 unspecified atom stereocenters. The van der Waals surface area contributed by atoms with Gasteiger partial charge in [0, 0.05) is 42.7 Å². The third-order valence-corrected chi connectivity index (χ3v) is 6.74. The number of carbonyl (C=O) groups excluding carboxylic acids is 2. The molecule has 0 aliphatic carbocycles. The molecule has 1 aromatic heterocycles. The number of hydrogen-bond donors (Lipinski definition) is 1. The van der Waals surface area contributed by atoms with E-state index in [2.05, 4.69) is 19.2 Å². The fourth-order valence-corrected chi connectivity index (χ4v) is 4.92. The fourth-order valence-electron chi connectivity index (χ4n) is 4.92. The summed E-state index contributed by atoms with van der Waals surface area (Å²) in [5, 5.41) is 3.12. The molecule has 0 fully saturated rings. The average Bonchev–Trinajstić information content (AvgIpc) is 3.34. The van der Waals surface area contributed by atoms with Crippen LogP contribution in [-0.2, 0) is 22.6 Å². The van der Waals surface area contributed by atoms with Crippen molar-refractivity contribution in [1.82, 2.24) is 4.90 Å². The van der Waals surface area contributed by atoms with Crippen molar-refractivity contribution in [1.29, 1.82) is 0 Å². The quantitative estimate of drug-likeness (QED) is 0.314. The average molecular weight is 493 g/mol. The lowest BCUT2D eigenvalue weighted by atomic mass is 9.90. The van der Waals surface area contributed by atoms with Crippen molar-refractivity contribution in [2.45, 2.75) is 39.2 Å². The van der Waals surface area contributed by atoms with Gasteiger partial charge in [0.05, 0.1) is 5.92 Å². The zero-order valence-electron chi connectivity index (χ0n) is 21.3. The number of rotatable bonds is 7.